The van der Waals surface area contributed by atoms with E-state index in [1.54, 1.807) is 18.9 Å². The van der Waals surface area contributed by atoms with Crippen LogP contribution in [0.1, 0.15) is 42.5 Å². The number of amides is 4. The predicted molar refractivity (Wildman–Crippen MR) is 115 cm³/mol. The summed E-state index contributed by atoms with van der Waals surface area (Å²) in [6, 6.07) is 14.5. The molecule has 6 nitrogen and oxygen atoms in total. The minimum Gasteiger partial charge on any atom is -0.337 e. The fraction of sp³-hybridized carbons (Fsp3) is 0.375. The van der Waals surface area contributed by atoms with Gasteiger partial charge in [-0.25, -0.2) is 4.79 Å². The standard InChI is InChI=1S/C24H27N3O3/c1-16-11-13-19(14-12-16)27-17(2)23(29)26(24(27)30)15-22(28)25(3)21-10-6-8-18-7-4-5-9-20(18)21/h4-5,7,9,11-14,17,21H,6,8,10,15H2,1-3H3/t17-,21+/m0/s1. The third-order valence-electron chi connectivity index (χ3n) is 6.25. The quantitative estimate of drug-likeness (QED) is 0.729. The van der Waals surface area contributed by atoms with Crippen molar-refractivity contribution >= 4 is 23.5 Å². The summed E-state index contributed by atoms with van der Waals surface area (Å²) in [6.07, 6.45) is 2.91. The third kappa shape index (κ3) is 3.47. The number of hydrogen-bond donors (Lipinski definition) is 0. The largest absolute Gasteiger partial charge is 0.337 e. The average Bonchev–Trinajstić information content (AvgIpc) is 2.96. The number of nitrogens with zero attached hydrogens (tertiary/aromatic N) is 3. The van der Waals surface area contributed by atoms with E-state index in [2.05, 4.69) is 12.1 Å². The van der Waals surface area contributed by atoms with Crippen molar-refractivity contribution < 1.29 is 14.4 Å². The molecular weight excluding hydrogens is 378 g/mol. The lowest BCUT2D eigenvalue weighted by Gasteiger charge is -2.34. The minimum atomic E-state index is -0.631. The highest BCUT2D eigenvalue weighted by atomic mass is 16.2. The number of aryl methyl sites for hydroxylation is 2. The Morgan fingerprint density at radius 3 is 2.53 bits per heavy atom. The summed E-state index contributed by atoms with van der Waals surface area (Å²) >= 11 is 0. The van der Waals surface area contributed by atoms with Gasteiger partial charge in [0.2, 0.25) is 5.91 Å². The van der Waals surface area contributed by atoms with Crippen LogP contribution >= 0.6 is 0 Å². The van der Waals surface area contributed by atoms with Crippen LogP contribution in [0.25, 0.3) is 0 Å². The van der Waals surface area contributed by atoms with Crippen molar-refractivity contribution in [3.63, 3.8) is 0 Å². The second kappa shape index (κ2) is 7.94. The Kier molecular flexibility index (Phi) is 5.33. The van der Waals surface area contributed by atoms with E-state index in [0.717, 1.165) is 35.3 Å². The van der Waals surface area contributed by atoms with Crippen molar-refractivity contribution in [2.75, 3.05) is 18.5 Å². The smallest absolute Gasteiger partial charge is 0.332 e. The van der Waals surface area contributed by atoms with Gasteiger partial charge in [0.05, 0.1) is 6.04 Å². The van der Waals surface area contributed by atoms with Gasteiger partial charge in [0.15, 0.2) is 0 Å². The maximum absolute atomic E-state index is 13.1. The van der Waals surface area contributed by atoms with Gasteiger partial charge < -0.3 is 4.90 Å². The van der Waals surface area contributed by atoms with Crippen molar-refractivity contribution in [3.05, 3.63) is 65.2 Å². The van der Waals surface area contributed by atoms with Gasteiger partial charge in [-0.05, 0) is 56.4 Å². The molecule has 1 aliphatic heterocycles. The maximum Gasteiger partial charge on any atom is 0.332 e. The Labute approximate surface area is 177 Å². The first-order valence-electron chi connectivity index (χ1n) is 10.4. The first-order valence-corrected chi connectivity index (χ1v) is 10.4. The molecule has 2 atom stereocenters. The summed E-state index contributed by atoms with van der Waals surface area (Å²) < 4.78 is 0. The molecule has 4 amide bonds. The van der Waals surface area contributed by atoms with E-state index < -0.39 is 12.1 Å². The van der Waals surface area contributed by atoms with Crippen molar-refractivity contribution in [1.29, 1.82) is 0 Å². The molecular formula is C24H27N3O3. The molecule has 0 unspecified atom stereocenters. The molecule has 2 aromatic carbocycles. The number of hydrogen-bond acceptors (Lipinski definition) is 3. The first-order chi connectivity index (χ1) is 14.4. The summed E-state index contributed by atoms with van der Waals surface area (Å²) in [6.45, 7) is 3.43. The van der Waals surface area contributed by atoms with Crippen LogP contribution in [0.2, 0.25) is 0 Å². The predicted octanol–water partition coefficient (Wildman–Crippen LogP) is 3.69. The number of fused-ring (bicyclic) bond motifs is 1. The topological polar surface area (TPSA) is 60.9 Å². The van der Waals surface area contributed by atoms with Crippen molar-refractivity contribution in [2.24, 2.45) is 0 Å². The fourth-order valence-corrected chi connectivity index (χ4v) is 4.46. The minimum absolute atomic E-state index is 0.0270. The van der Waals surface area contributed by atoms with Crippen LogP contribution in [0.4, 0.5) is 10.5 Å². The van der Waals surface area contributed by atoms with Gasteiger partial charge >= 0.3 is 6.03 Å². The highest BCUT2D eigenvalue weighted by Crippen LogP contribution is 2.34. The lowest BCUT2D eigenvalue weighted by atomic mass is 9.87. The summed E-state index contributed by atoms with van der Waals surface area (Å²) in [5, 5.41) is 0. The summed E-state index contributed by atoms with van der Waals surface area (Å²) in [4.78, 5) is 43.1. The lowest BCUT2D eigenvalue weighted by Crippen LogP contribution is -2.43. The van der Waals surface area contributed by atoms with Gasteiger partial charge in [-0.15, -0.1) is 0 Å². The Bertz CT molecular complexity index is 985. The third-order valence-corrected chi connectivity index (χ3v) is 6.25. The van der Waals surface area contributed by atoms with Crippen LogP contribution in [0.15, 0.2) is 48.5 Å². The van der Waals surface area contributed by atoms with Crippen molar-refractivity contribution in [1.82, 2.24) is 9.80 Å². The summed E-state index contributed by atoms with van der Waals surface area (Å²) in [7, 11) is 1.77. The van der Waals surface area contributed by atoms with E-state index in [9.17, 15) is 14.4 Å². The molecule has 0 radical (unpaired) electrons. The average molecular weight is 405 g/mol. The Morgan fingerprint density at radius 1 is 1.10 bits per heavy atom. The number of carbonyl (C=O) groups excluding carboxylic acids is 3. The Hall–Kier alpha value is -3.15. The molecule has 2 aliphatic rings. The van der Waals surface area contributed by atoms with Gasteiger partial charge in [0, 0.05) is 12.7 Å². The number of anilines is 1. The van der Waals surface area contributed by atoms with Gasteiger partial charge in [0.1, 0.15) is 12.6 Å². The van der Waals surface area contributed by atoms with E-state index >= 15 is 0 Å². The van der Waals surface area contributed by atoms with E-state index in [-0.39, 0.29) is 24.4 Å². The lowest BCUT2D eigenvalue weighted by molar-refractivity contribution is -0.138. The number of imide groups is 1. The summed E-state index contributed by atoms with van der Waals surface area (Å²) in [5.41, 5.74) is 4.16. The normalized spacial score (nSPS) is 21.0. The highest BCUT2D eigenvalue weighted by molar-refractivity contribution is 6.15. The van der Waals surface area contributed by atoms with Gasteiger partial charge in [-0.3, -0.25) is 19.4 Å². The molecule has 0 spiro atoms. The number of urea groups is 1. The zero-order chi connectivity index (χ0) is 21.4. The van der Waals surface area contributed by atoms with Crippen LogP contribution in [0.5, 0.6) is 0 Å². The molecule has 6 heteroatoms. The molecule has 0 N–H and O–H groups in total. The molecule has 1 aliphatic carbocycles. The van der Waals surface area contributed by atoms with Crippen LogP contribution in [-0.2, 0) is 16.0 Å². The number of rotatable bonds is 4. The second-order valence-electron chi connectivity index (χ2n) is 8.20. The van der Waals surface area contributed by atoms with E-state index in [1.165, 1.54) is 10.5 Å². The zero-order valence-corrected chi connectivity index (χ0v) is 17.7. The van der Waals surface area contributed by atoms with Gasteiger partial charge in [-0.1, -0.05) is 42.0 Å². The molecule has 156 valence electrons. The van der Waals surface area contributed by atoms with Gasteiger partial charge in [0.25, 0.3) is 5.91 Å². The molecule has 1 saturated heterocycles. The second-order valence-corrected chi connectivity index (χ2v) is 8.20. The maximum atomic E-state index is 13.1. The monoisotopic (exact) mass is 405 g/mol. The van der Waals surface area contributed by atoms with Crippen LogP contribution < -0.4 is 4.90 Å². The molecule has 0 saturated carbocycles. The van der Waals surface area contributed by atoms with E-state index in [4.69, 9.17) is 0 Å². The number of carbonyl (C=O) groups is 3. The molecule has 1 fully saturated rings. The molecule has 30 heavy (non-hydrogen) atoms. The Balaban J connectivity index is 1.51. The SMILES string of the molecule is Cc1ccc(N2C(=O)N(CC(=O)N(C)[C@@H]3CCCc4ccccc43)C(=O)[C@@H]2C)cc1. The molecule has 2 aromatic rings. The molecule has 4 rings (SSSR count). The number of likely N-dealkylation sites (N-methyl/N-ethyl adjacent to an activating group) is 1. The van der Waals surface area contributed by atoms with Gasteiger partial charge in [-0.2, -0.15) is 0 Å². The van der Waals surface area contributed by atoms with Crippen LogP contribution in [-0.4, -0.2) is 47.3 Å². The number of benzene rings is 2. The summed E-state index contributed by atoms with van der Waals surface area (Å²) in [5.74, 6) is -0.567. The van der Waals surface area contributed by atoms with E-state index in [1.807, 2.05) is 43.3 Å². The molecule has 0 aromatic heterocycles. The Morgan fingerprint density at radius 2 is 1.80 bits per heavy atom. The molecule has 0 bridgehead atoms. The van der Waals surface area contributed by atoms with E-state index in [0.29, 0.717) is 5.69 Å². The fourth-order valence-electron chi connectivity index (χ4n) is 4.46. The van der Waals surface area contributed by atoms with Crippen molar-refractivity contribution in [3.8, 4) is 0 Å². The zero-order valence-electron chi connectivity index (χ0n) is 17.7. The molecule has 1 heterocycles. The van der Waals surface area contributed by atoms with Crippen molar-refractivity contribution in [2.45, 2.75) is 45.2 Å². The van der Waals surface area contributed by atoms with Crippen LogP contribution in [0, 0.1) is 6.92 Å². The first kappa shape index (κ1) is 20.1. The highest BCUT2D eigenvalue weighted by Gasteiger charge is 2.44. The van der Waals surface area contributed by atoms with Crippen LogP contribution in [0.3, 0.4) is 0 Å².